The van der Waals surface area contributed by atoms with Gasteiger partial charge in [0, 0.05) is 54.2 Å². The van der Waals surface area contributed by atoms with Crippen LogP contribution >= 0.6 is 0 Å². The Bertz CT molecular complexity index is 1370. The summed E-state index contributed by atoms with van der Waals surface area (Å²) >= 11 is 0. The average Bonchev–Trinajstić information content (AvgIpc) is 3.49. The van der Waals surface area contributed by atoms with Crippen molar-refractivity contribution >= 4 is 12.1 Å². The number of nitrogens with two attached hydrogens (primary N) is 1. The Morgan fingerprint density at radius 3 is 2.50 bits per heavy atom. The van der Waals surface area contributed by atoms with Crippen molar-refractivity contribution in [3.05, 3.63) is 107 Å². The van der Waals surface area contributed by atoms with Gasteiger partial charge in [0.1, 0.15) is 11.6 Å². The Morgan fingerprint density at radius 2 is 1.87 bits per heavy atom. The molecule has 0 atom stereocenters. The summed E-state index contributed by atoms with van der Waals surface area (Å²) in [5, 5.41) is 6.85. The van der Waals surface area contributed by atoms with E-state index in [1.54, 1.807) is 6.21 Å². The van der Waals surface area contributed by atoms with Crippen molar-refractivity contribution in [2.45, 2.75) is 92.2 Å². The van der Waals surface area contributed by atoms with Crippen molar-refractivity contribution in [3.63, 3.8) is 0 Å². The third kappa shape index (κ3) is 10.6. The van der Waals surface area contributed by atoms with Gasteiger partial charge >= 0.3 is 0 Å². The minimum Gasteiger partial charge on any atom is -0.492 e. The summed E-state index contributed by atoms with van der Waals surface area (Å²) < 4.78 is 6.03. The van der Waals surface area contributed by atoms with E-state index in [1.807, 2.05) is 37.3 Å². The summed E-state index contributed by atoms with van der Waals surface area (Å²) in [6.45, 7) is 26.7. The molecule has 2 heterocycles. The maximum Gasteiger partial charge on any atom is 0.251 e. The molecular weight excluding hydrogens is 570 g/mol. The van der Waals surface area contributed by atoms with Gasteiger partial charge in [-0.05, 0) is 101 Å². The Morgan fingerprint density at radius 1 is 1.17 bits per heavy atom. The van der Waals surface area contributed by atoms with E-state index in [-0.39, 0.29) is 17.8 Å². The highest BCUT2D eigenvalue weighted by Gasteiger charge is 2.46. The number of allylic oxidation sites excluding steroid dienone is 6. The molecule has 0 radical (unpaired) electrons. The standard InChI is InChI=1S/C36H49N5O2.C3H8/c1-7-32(26(4)11-16-38-28(6)37)34-33(13-20-43-34)27(5)39-24-29-9-8-10-30(21-29)35(42)40-31-22-36(23-31)14-18-41(19-15-36)17-12-25(2)3;1-3-2/h7-11,16,21,31,39H,1-2,6,12-15,17-20,22-24,37H2,3-5H3,(H,40,42);3H2,1-2H3/b26-11+,33-27+,34-32-,38-16-;. The zero-order valence-corrected chi connectivity index (χ0v) is 29.0. The summed E-state index contributed by atoms with van der Waals surface area (Å²) in [6.07, 6.45) is 13.1. The van der Waals surface area contributed by atoms with E-state index in [1.165, 1.54) is 24.8 Å². The molecule has 1 amide bonds. The van der Waals surface area contributed by atoms with Gasteiger partial charge in [-0.1, -0.05) is 57.2 Å². The number of hydrogen-bond donors (Lipinski definition) is 3. The van der Waals surface area contributed by atoms with Gasteiger partial charge in [0.25, 0.3) is 5.91 Å². The van der Waals surface area contributed by atoms with Crippen LogP contribution in [0.25, 0.3) is 0 Å². The second kappa shape index (κ2) is 17.7. The van der Waals surface area contributed by atoms with Gasteiger partial charge < -0.3 is 26.0 Å². The summed E-state index contributed by atoms with van der Waals surface area (Å²) in [7, 11) is 0. The highest BCUT2D eigenvalue weighted by molar-refractivity contribution is 5.94. The first kappa shape index (κ1) is 36.6. The van der Waals surface area contributed by atoms with Gasteiger partial charge in [0.2, 0.25) is 0 Å². The average molecular weight is 628 g/mol. The van der Waals surface area contributed by atoms with Gasteiger partial charge in [-0.3, -0.25) is 4.79 Å². The normalized spacial score (nSPS) is 20.2. The van der Waals surface area contributed by atoms with Crippen molar-refractivity contribution in [2.24, 2.45) is 16.1 Å². The Kier molecular flexibility index (Phi) is 14.1. The smallest absolute Gasteiger partial charge is 0.251 e. The third-order valence-corrected chi connectivity index (χ3v) is 8.98. The lowest BCUT2D eigenvalue weighted by Gasteiger charge is -2.52. The number of aliphatic imine (C=N–C) groups is 1. The van der Waals surface area contributed by atoms with Crippen LogP contribution in [0.2, 0.25) is 0 Å². The second-order valence-corrected chi connectivity index (χ2v) is 13.2. The quantitative estimate of drug-likeness (QED) is 0.163. The number of likely N-dealkylation sites (tertiary alicyclic amines) is 1. The summed E-state index contributed by atoms with van der Waals surface area (Å²) in [6, 6.07) is 8.18. The number of ether oxygens (including phenoxy) is 1. The van der Waals surface area contributed by atoms with Crippen LogP contribution in [0.3, 0.4) is 0 Å². The van der Waals surface area contributed by atoms with Gasteiger partial charge in [0.15, 0.2) is 0 Å². The fourth-order valence-corrected chi connectivity index (χ4v) is 6.35. The summed E-state index contributed by atoms with van der Waals surface area (Å²) in [5.41, 5.74) is 13.0. The second-order valence-electron chi connectivity index (χ2n) is 13.2. The highest BCUT2D eigenvalue weighted by atomic mass is 16.5. The van der Waals surface area contributed by atoms with Crippen LogP contribution in [-0.2, 0) is 11.3 Å². The molecule has 1 saturated carbocycles. The van der Waals surface area contributed by atoms with Crippen molar-refractivity contribution in [1.29, 1.82) is 0 Å². The van der Waals surface area contributed by atoms with Gasteiger partial charge in [0.05, 0.1) is 6.61 Å². The molecule has 7 nitrogen and oxygen atoms in total. The lowest BCUT2D eigenvalue weighted by molar-refractivity contribution is 0.00731. The molecule has 4 N–H and O–H groups in total. The van der Waals surface area contributed by atoms with Crippen molar-refractivity contribution in [2.75, 3.05) is 26.2 Å². The van der Waals surface area contributed by atoms with Crippen LogP contribution < -0.4 is 16.4 Å². The molecule has 0 aromatic heterocycles. The van der Waals surface area contributed by atoms with E-state index in [2.05, 4.69) is 74.0 Å². The van der Waals surface area contributed by atoms with Crippen molar-refractivity contribution < 1.29 is 9.53 Å². The molecule has 0 bridgehead atoms. The molecule has 4 rings (SSSR count). The highest BCUT2D eigenvalue weighted by Crippen LogP contribution is 2.49. The SMILES string of the molecule is C=CC(=C1/OCC/C1=C(/C)NCc1cccc(C(=O)NC2CC3(CCN(CCC(=C)C)CC3)C2)c1)/C(C)=C/C=N\C(=C)N.CCC. The largest absolute Gasteiger partial charge is 0.492 e. The Balaban J connectivity index is 0.00000185. The van der Waals surface area contributed by atoms with E-state index in [0.717, 1.165) is 79.1 Å². The number of carbonyl (C=O) groups excluding carboxylic acids is 1. The molecule has 1 aromatic rings. The van der Waals surface area contributed by atoms with Crippen LogP contribution in [0.15, 0.2) is 101 Å². The molecule has 250 valence electrons. The van der Waals surface area contributed by atoms with Crippen LogP contribution in [0.5, 0.6) is 0 Å². The Hall–Kier alpha value is -3.84. The lowest BCUT2D eigenvalue weighted by Crippen LogP contribution is -2.55. The first-order valence-corrected chi connectivity index (χ1v) is 16.9. The van der Waals surface area contributed by atoms with Crippen LogP contribution in [0.4, 0.5) is 0 Å². The predicted molar refractivity (Wildman–Crippen MR) is 193 cm³/mol. The van der Waals surface area contributed by atoms with E-state index in [4.69, 9.17) is 10.5 Å². The van der Waals surface area contributed by atoms with Crippen LogP contribution in [0.1, 0.15) is 95.5 Å². The number of benzene rings is 1. The molecule has 1 aromatic carbocycles. The Labute approximate surface area is 278 Å². The number of piperidine rings is 1. The number of carbonyl (C=O) groups is 1. The molecule has 1 spiro atoms. The van der Waals surface area contributed by atoms with Gasteiger partial charge in [-0.15, -0.1) is 6.58 Å². The van der Waals surface area contributed by atoms with E-state index >= 15 is 0 Å². The number of nitrogens with zero attached hydrogens (tertiary/aromatic N) is 2. The van der Waals surface area contributed by atoms with Crippen LogP contribution in [0, 0.1) is 5.41 Å². The fraction of sp³-hybridized carbons (Fsp3) is 0.487. The molecule has 0 unspecified atom stereocenters. The first-order chi connectivity index (χ1) is 22.0. The molecule has 2 aliphatic heterocycles. The molecule has 46 heavy (non-hydrogen) atoms. The molecule has 1 aliphatic carbocycles. The van der Waals surface area contributed by atoms with Gasteiger partial charge in [-0.2, -0.15) is 0 Å². The maximum absolute atomic E-state index is 13.1. The number of nitrogens with one attached hydrogen (secondary N) is 2. The fourth-order valence-electron chi connectivity index (χ4n) is 6.35. The zero-order valence-electron chi connectivity index (χ0n) is 29.0. The molecule has 2 saturated heterocycles. The molecular formula is C39H57N5O2. The van der Waals surface area contributed by atoms with E-state index in [0.29, 0.717) is 24.1 Å². The van der Waals surface area contributed by atoms with E-state index < -0.39 is 0 Å². The molecule has 3 fully saturated rings. The van der Waals surface area contributed by atoms with Gasteiger partial charge in [-0.25, -0.2) is 4.99 Å². The minimum atomic E-state index is 0.0183. The minimum absolute atomic E-state index is 0.0183. The number of rotatable bonds is 12. The lowest BCUT2D eigenvalue weighted by atomic mass is 9.60. The predicted octanol–water partition coefficient (Wildman–Crippen LogP) is 7.71. The van der Waals surface area contributed by atoms with Crippen LogP contribution in [-0.4, -0.2) is 49.3 Å². The number of hydrogen-bond acceptors (Lipinski definition) is 6. The van der Waals surface area contributed by atoms with E-state index in [9.17, 15) is 4.79 Å². The molecule has 7 heteroatoms. The summed E-state index contributed by atoms with van der Waals surface area (Å²) in [5.74, 6) is 1.11. The van der Waals surface area contributed by atoms with Crippen molar-refractivity contribution in [3.8, 4) is 0 Å². The van der Waals surface area contributed by atoms with Crippen molar-refractivity contribution in [1.82, 2.24) is 15.5 Å². The third-order valence-electron chi connectivity index (χ3n) is 8.98. The summed E-state index contributed by atoms with van der Waals surface area (Å²) in [4.78, 5) is 19.7. The topological polar surface area (TPSA) is 92.0 Å². The number of amides is 1. The molecule has 3 aliphatic rings. The maximum atomic E-state index is 13.1. The monoisotopic (exact) mass is 627 g/mol. The zero-order chi connectivity index (χ0) is 33.7. The first-order valence-electron chi connectivity index (χ1n) is 16.9.